The van der Waals surface area contributed by atoms with Crippen LogP contribution in [0, 0.1) is 0 Å². The van der Waals surface area contributed by atoms with E-state index in [2.05, 4.69) is 22.4 Å². The molecule has 22 heavy (non-hydrogen) atoms. The SMILES string of the molecule is OC(CNC(c1ccccc1)c1ccccn1)c1ccsc1. The summed E-state index contributed by atoms with van der Waals surface area (Å²) in [5.74, 6) is 0. The van der Waals surface area contributed by atoms with Crippen molar-refractivity contribution >= 4 is 11.3 Å². The minimum Gasteiger partial charge on any atom is -0.387 e. The molecular formula is C18H18N2OS. The maximum Gasteiger partial charge on any atom is 0.0922 e. The van der Waals surface area contributed by atoms with Crippen LogP contribution in [0.1, 0.15) is 29.0 Å². The zero-order valence-electron chi connectivity index (χ0n) is 12.1. The van der Waals surface area contributed by atoms with Crippen LogP contribution in [0.15, 0.2) is 71.6 Å². The van der Waals surface area contributed by atoms with Gasteiger partial charge in [-0.3, -0.25) is 4.98 Å². The topological polar surface area (TPSA) is 45.1 Å². The highest BCUT2D eigenvalue weighted by molar-refractivity contribution is 7.07. The largest absolute Gasteiger partial charge is 0.387 e. The molecule has 0 aliphatic heterocycles. The second kappa shape index (κ2) is 7.31. The fraction of sp³-hybridized carbons (Fsp3) is 0.167. The molecule has 3 aromatic rings. The Hall–Kier alpha value is -2.01. The molecule has 112 valence electrons. The molecule has 2 heterocycles. The highest BCUT2D eigenvalue weighted by atomic mass is 32.1. The third kappa shape index (κ3) is 3.60. The molecule has 3 rings (SSSR count). The Balaban J connectivity index is 1.78. The van der Waals surface area contributed by atoms with Gasteiger partial charge in [0.1, 0.15) is 0 Å². The molecule has 0 aliphatic carbocycles. The van der Waals surface area contributed by atoms with Crippen LogP contribution in [0.5, 0.6) is 0 Å². The molecule has 0 spiro atoms. The number of aromatic nitrogens is 1. The molecular weight excluding hydrogens is 292 g/mol. The minimum absolute atomic E-state index is 0.0318. The van der Waals surface area contributed by atoms with Crippen molar-refractivity contribution < 1.29 is 5.11 Å². The number of hydrogen-bond acceptors (Lipinski definition) is 4. The van der Waals surface area contributed by atoms with Gasteiger partial charge in [0.25, 0.3) is 0 Å². The van der Waals surface area contributed by atoms with Crippen molar-refractivity contribution in [3.8, 4) is 0 Å². The number of nitrogens with zero attached hydrogens (tertiary/aromatic N) is 1. The van der Waals surface area contributed by atoms with Crippen LogP contribution < -0.4 is 5.32 Å². The predicted molar refractivity (Wildman–Crippen MR) is 89.8 cm³/mol. The third-order valence-corrected chi connectivity index (χ3v) is 4.26. The highest BCUT2D eigenvalue weighted by Crippen LogP contribution is 2.22. The van der Waals surface area contributed by atoms with E-state index in [0.29, 0.717) is 6.54 Å². The summed E-state index contributed by atoms with van der Waals surface area (Å²) < 4.78 is 0. The molecule has 3 nitrogen and oxygen atoms in total. The van der Waals surface area contributed by atoms with E-state index in [1.165, 1.54) is 0 Å². The van der Waals surface area contributed by atoms with Crippen molar-refractivity contribution in [3.05, 3.63) is 88.4 Å². The van der Waals surface area contributed by atoms with Crippen LogP contribution in [0.2, 0.25) is 0 Å². The average molecular weight is 310 g/mol. The first-order valence-corrected chi connectivity index (χ1v) is 8.18. The molecule has 0 saturated carbocycles. The van der Waals surface area contributed by atoms with Crippen LogP contribution in [0.25, 0.3) is 0 Å². The van der Waals surface area contributed by atoms with E-state index >= 15 is 0 Å². The van der Waals surface area contributed by atoms with Gasteiger partial charge in [0.2, 0.25) is 0 Å². The number of aliphatic hydroxyl groups excluding tert-OH is 1. The summed E-state index contributed by atoms with van der Waals surface area (Å²) in [6, 6.07) is 18.0. The van der Waals surface area contributed by atoms with Gasteiger partial charge < -0.3 is 10.4 Å². The van der Waals surface area contributed by atoms with Crippen LogP contribution >= 0.6 is 11.3 Å². The smallest absolute Gasteiger partial charge is 0.0922 e. The van der Waals surface area contributed by atoms with E-state index in [1.54, 1.807) is 17.5 Å². The predicted octanol–water partition coefficient (Wildman–Crippen LogP) is 3.56. The Morgan fingerprint density at radius 2 is 1.82 bits per heavy atom. The molecule has 2 aromatic heterocycles. The van der Waals surface area contributed by atoms with E-state index in [9.17, 15) is 5.11 Å². The second-order valence-corrected chi connectivity index (χ2v) is 5.86. The lowest BCUT2D eigenvalue weighted by Gasteiger charge is -2.20. The zero-order chi connectivity index (χ0) is 15.2. The third-order valence-electron chi connectivity index (χ3n) is 3.56. The molecule has 1 aromatic carbocycles. The molecule has 0 fully saturated rings. The first kappa shape index (κ1) is 14.9. The number of benzene rings is 1. The molecule has 2 atom stereocenters. The normalized spacial score (nSPS) is 13.7. The second-order valence-electron chi connectivity index (χ2n) is 5.08. The van der Waals surface area contributed by atoms with E-state index < -0.39 is 6.10 Å². The molecule has 0 aliphatic rings. The summed E-state index contributed by atoms with van der Waals surface area (Å²) in [6.45, 7) is 0.479. The molecule has 2 unspecified atom stereocenters. The Morgan fingerprint density at radius 1 is 1.00 bits per heavy atom. The Morgan fingerprint density at radius 3 is 2.50 bits per heavy atom. The van der Waals surface area contributed by atoms with Gasteiger partial charge >= 0.3 is 0 Å². The van der Waals surface area contributed by atoms with Crippen molar-refractivity contribution in [1.82, 2.24) is 10.3 Å². The maximum atomic E-state index is 10.3. The lowest BCUT2D eigenvalue weighted by atomic mass is 10.0. The van der Waals surface area contributed by atoms with Gasteiger partial charge in [-0.15, -0.1) is 0 Å². The quantitative estimate of drug-likeness (QED) is 0.732. The van der Waals surface area contributed by atoms with Crippen molar-refractivity contribution in [2.75, 3.05) is 6.54 Å². The van der Waals surface area contributed by atoms with Crippen molar-refractivity contribution in [1.29, 1.82) is 0 Å². The van der Waals surface area contributed by atoms with E-state index in [0.717, 1.165) is 16.8 Å². The lowest BCUT2D eigenvalue weighted by molar-refractivity contribution is 0.172. The summed E-state index contributed by atoms with van der Waals surface area (Å²) in [5.41, 5.74) is 3.04. The van der Waals surface area contributed by atoms with Gasteiger partial charge in [-0.25, -0.2) is 0 Å². The molecule has 0 saturated heterocycles. The number of thiophene rings is 1. The van der Waals surface area contributed by atoms with Gasteiger partial charge in [-0.2, -0.15) is 11.3 Å². The Bertz CT molecular complexity index is 631. The van der Waals surface area contributed by atoms with Gasteiger partial charge in [-0.1, -0.05) is 36.4 Å². The van der Waals surface area contributed by atoms with Gasteiger partial charge in [0, 0.05) is 12.7 Å². The number of hydrogen-bond donors (Lipinski definition) is 2. The van der Waals surface area contributed by atoms with Crippen LogP contribution in [-0.2, 0) is 0 Å². The monoisotopic (exact) mass is 310 g/mol. The Labute approximate surface area is 134 Å². The fourth-order valence-corrected chi connectivity index (χ4v) is 3.10. The molecule has 0 radical (unpaired) electrons. The molecule has 0 bridgehead atoms. The van der Waals surface area contributed by atoms with Crippen LogP contribution in [0.3, 0.4) is 0 Å². The van der Waals surface area contributed by atoms with Crippen molar-refractivity contribution in [2.45, 2.75) is 12.1 Å². The summed E-state index contributed by atoms with van der Waals surface area (Å²) in [5, 5.41) is 17.7. The summed E-state index contributed by atoms with van der Waals surface area (Å²) >= 11 is 1.59. The van der Waals surface area contributed by atoms with Crippen molar-refractivity contribution in [2.24, 2.45) is 0 Å². The number of rotatable bonds is 6. The maximum absolute atomic E-state index is 10.3. The van der Waals surface area contributed by atoms with E-state index in [1.807, 2.05) is 53.2 Å². The molecule has 4 heteroatoms. The van der Waals surface area contributed by atoms with Crippen molar-refractivity contribution in [3.63, 3.8) is 0 Å². The first-order valence-electron chi connectivity index (χ1n) is 7.24. The minimum atomic E-state index is -0.513. The number of aliphatic hydroxyl groups is 1. The standard InChI is InChI=1S/C18H18N2OS/c21-17(15-9-11-22-13-15)12-20-18(14-6-2-1-3-7-14)16-8-4-5-10-19-16/h1-11,13,17-18,20-21H,12H2. The number of pyridine rings is 1. The fourth-order valence-electron chi connectivity index (χ4n) is 2.40. The van der Waals surface area contributed by atoms with Gasteiger partial charge in [0.05, 0.1) is 17.8 Å². The van der Waals surface area contributed by atoms with Gasteiger partial charge in [-0.05, 0) is 40.1 Å². The summed E-state index contributed by atoms with van der Waals surface area (Å²) in [4.78, 5) is 4.45. The highest BCUT2D eigenvalue weighted by Gasteiger charge is 2.17. The lowest BCUT2D eigenvalue weighted by Crippen LogP contribution is -2.27. The van der Waals surface area contributed by atoms with Crippen LogP contribution in [0.4, 0.5) is 0 Å². The molecule has 2 N–H and O–H groups in total. The summed E-state index contributed by atoms with van der Waals surface area (Å²) in [7, 11) is 0. The van der Waals surface area contributed by atoms with Crippen LogP contribution in [-0.4, -0.2) is 16.6 Å². The van der Waals surface area contributed by atoms with Gasteiger partial charge in [0.15, 0.2) is 0 Å². The molecule has 0 amide bonds. The first-order chi connectivity index (χ1) is 10.8. The summed E-state index contributed by atoms with van der Waals surface area (Å²) in [6.07, 6.45) is 1.28. The zero-order valence-corrected chi connectivity index (χ0v) is 12.9. The Kier molecular flexibility index (Phi) is 4.96. The average Bonchev–Trinajstić information content (AvgIpc) is 3.11. The number of nitrogens with one attached hydrogen (secondary N) is 1. The van der Waals surface area contributed by atoms with E-state index in [-0.39, 0.29) is 6.04 Å². The van der Waals surface area contributed by atoms with E-state index in [4.69, 9.17) is 0 Å².